The molecule has 13 heavy (non-hydrogen) atoms. The Balaban J connectivity index is 2.69. The Morgan fingerprint density at radius 2 is 2.15 bits per heavy atom. The highest BCUT2D eigenvalue weighted by Gasteiger charge is 2.08. The highest BCUT2D eigenvalue weighted by molar-refractivity contribution is 5.78. The standard InChI is InChI=1S/C10H11FN2/c1-6(2)8-3-7-5-12-13-10(7)4-9(8)11/h3-6H,1-2H3,(H,12,13). The summed E-state index contributed by atoms with van der Waals surface area (Å²) in [5, 5.41) is 7.55. The molecule has 1 heterocycles. The van der Waals surface area contributed by atoms with E-state index in [1.54, 1.807) is 6.20 Å². The van der Waals surface area contributed by atoms with E-state index in [0.29, 0.717) is 0 Å². The van der Waals surface area contributed by atoms with Crippen molar-refractivity contribution in [1.82, 2.24) is 10.2 Å². The van der Waals surface area contributed by atoms with Crippen LogP contribution in [0.25, 0.3) is 10.9 Å². The largest absolute Gasteiger partial charge is 0.278 e. The molecule has 3 heteroatoms. The number of hydrogen-bond acceptors (Lipinski definition) is 1. The molecule has 0 bridgehead atoms. The molecule has 2 nitrogen and oxygen atoms in total. The summed E-state index contributed by atoms with van der Waals surface area (Å²) < 4.78 is 13.4. The molecule has 1 aromatic carbocycles. The van der Waals surface area contributed by atoms with Gasteiger partial charge in [0.25, 0.3) is 0 Å². The minimum Gasteiger partial charge on any atom is -0.278 e. The van der Waals surface area contributed by atoms with Gasteiger partial charge in [-0.05, 0) is 23.6 Å². The molecule has 2 aromatic rings. The Morgan fingerprint density at radius 1 is 1.38 bits per heavy atom. The third-order valence-corrected chi connectivity index (χ3v) is 2.18. The Hall–Kier alpha value is -1.38. The molecule has 0 atom stereocenters. The Kier molecular flexibility index (Phi) is 1.79. The first-order valence-electron chi connectivity index (χ1n) is 4.31. The molecule has 1 N–H and O–H groups in total. The maximum atomic E-state index is 13.4. The zero-order valence-electron chi connectivity index (χ0n) is 7.63. The summed E-state index contributed by atoms with van der Waals surface area (Å²) in [5.74, 6) is 0.0473. The van der Waals surface area contributed by atoms with Gasteiger partial charge >= 0.3 is 0 Å². The van der Waals surface area contributed by atoms with Gasteiger partial charge in [0.05, 0.1) is 11.7 Å². The van der Waals surface area contributed by atoms with Gasteiger partial charge < -0.3 is 0 Å². The molecular weight excluding hydrogens is 167 g/mol. The summed E-state index contributed by atoms with van der Waals surface area (Å²) >= 11 is 0. The number of nitrogens with one attached hydrogen (secondary N) is 1. The third-order valence-electron chi connectivity index (χ3n) is 2.18. The molecule has 0 aliphatic heterocycles. The number of aromatic nitrogens is 2. The van der Waals surface area contributed by atoms with E-state index in [0.717, 1.165) is 16.5 Å². The van der Waals surface area contributed by atoms with E-state index < -0.39 is 0 Å². The van der Waals surface area contributed by atoms with E-state index in [1.807, 2.05) is 19.9 Å². The van der Waals surface area contributed by atoms with Gasteiger partial charge in [-0.15, -0.1) is 0 Å². The maximum Gasteiger partial charge on any atom is 0.128 e. The van der Waals surface area contributed by atoms with Crippen LogP contribution in [0.3, 0.4) is 0 Å². The van der Waals surface area contributed by atoms with Crippen LogP contribution in [0.4, 0.5) is 4.39 Å². The second kappa shape index (κ2) is 2.83. The van der Waals surface area contributed by atoms with Crippen LogP contribution in [-0.2, 0) is 0 Å². The normalized spacial score (nSPS) is 11.4. The number of benzene rings is 1. The fourth-order valence-corrected chi connectivity index (χ4v) is 1.43. The minimum absolute atomic E-state index is 0.160. The lowest BCUT2D eigenvalue weighted by Crippen LogP contribution is -1.92. The van der Waals surface area contributed by atoms with Crippen molar-refractivity contribution in [2.75, 3.05) is 0 Å². The van der Waals surface area contributed by atoms with E-state index in [4.69, 9.17) is 0 Å². The van der Waals surface area contributed by atoms with Crippen molar-refractivity contribution in [3.63, 3.8) is 0 Å². The minimum atomic E-state index is -0.160. The van der Waals surface area contributed by atoms with E-state index in [9.17, 15) is 4.39 Å². The van der Waals surface area contributed by atoms with E-state index >= 15 is 0 Å². The third kappa shape index (κ3) is 1.30. The smallest absolute Gasteiger partial charge is 0.128 e. The summed E-state index contributed by atoms with van der Waals surface area (Å²) in [6, 6.07) is 3.34. The quantitative estimate of drug-likeness (QED) is 0.714. The van der Waals surface area contributed by atoms with E-state index in [1.165, 1.54) is 6.07 Å². The lowest BCUT2D eigenvalue weighted by molar-refractivity contribution is 0.600. The van der Waals surface area contributed by atoms with E-state index in [2.05, 4.69) is 10.2 Å². The van der Waals surface area contributed by atoms with Crippen LogP contribution in [-0.4, -0.2) is 10.2 Å². The fourth-order valence-electron chi connectivity index (χ4n) is 1.43. The predicted octanol–water partition coefficient (Wildman–Crippen LogP) is 2.83. The molecule has 0 fully saturated rings. The zero-order valence-corrected chi connectivity index (χ0v) is 7.63. The molecule has 0 saturated carbocycles. The molecule has 0 aliphatic carbocycles. The molecule has 0 amide bonds. The Morgan fingerprint density at radius 3 is 2.85 bits per heavy atom. The van der Waals surface area contributed by atoms with Gasteiger partial charge in [-0.25, -0.2) is 4.39 Å². The van der Waals surface area contributed by atoms with Crippen molar-refractivity contribution in [2.24, 2.45) is 0 Å². The van der Waals surface area contributed by atoms with Crippen molar-refractivity contribution in [3.8, 4) is 0 Å². The first-order valence-corrected chi connectivity index (χ1v) is 4.31. The second-order valence-electron chi connectivity index (χ2n) is 3.49. The monoisotopic (exact) mass is 178 g/mol. The molecule has 0 aliphatic rings. The van der Waals surface area contributed by atoms with Crippen molar-refractivity contribution in [1.29, 1.82) is 0 Å². The first kappa shape index (κ1) is 8.23. The SMILES string of the molecule is CC(C)c1cc2cn[nH]c2cc1F. The highest BCUT2D eigenvalue weighted by Crippen LogP contribution is 2.23. The summed E-state index contributed by atoms with van der Waals surface area (Å²) in [5.41, 5.74) is 1.50. The Bertz CT molecular complexity index is 431. The summed E-state index contributed by atoms with van der Waals surface area (Å²) in [7, 11) is 0. The van der Waals surface area contributed by atoms with E-state index in [-0.39, 0.29) is 11.7 Å². The number of halogens is 1. The lowest BCUT2D eigenvalue weighted by Gasteiger charge is -2.06. The molecule has 0 unspecified atom stereocenters. The van der Waals surface area contributed by atoms with Crippen LogP contribution in [0.1, 0.15) is 25.3 Å². The molecule has 2 rings (SSSR count). The second-order valence-corrected chi connectivity index (χ2v) is 3.49. The average molecular weight is 178 g/mol. The first-order chi connectivity index (χ1) is 6.18. The van der Waals surface area contributed by atoms with Gasteiger partial charge in [0.1, 0.15) is 5.82 Å². The maximum absolute atomic E-state index is 13.4. The highest BCUT2D eigenvalue weighted by atomic mass is 19.1. The summed E-state index contributed by atoms with van der Waals surface area (Å²) in [6.07, 6.45) is 1.71. The molecule has 0 spiro atoms. The summed E-state index contributed by atoms with van der Waals surface area (Å²) in [6.45, 7) is 3.95. The number of aromatic amines is 1. The van der Waals surface area contributed by atoms with Gasteiger partial charge in [0.2, 0.25) is 0 Å². The Labute approximate surface area is 75.8 Å². The predicted molar refractivity (Wildman–Crippen MR) is 50.1 cm³/mol. The average Bonchev–Trinajstić information content (AvgIpc) is 2.48. The van der Waals surface area contributed by atoms with Crippen molar-refractivity contribution in [2.45, 2.75) is 19.8 Å². The van der Waals surface area contributed by atoms with Crippen LogP contribution >= 0.6 is 0 Å². The van der Waals surface area contributed by atoms with Gasteiger partial charge in [-0.3, -0.25) is 5.10 Å². The zero-order chi connectivity index (χ0) is 9.42. The number of hydrogen-bond donors (Lipinski definition) is 1. The fraction of sp³-hybridized carbons (Fsp3) is 0.300. The lowest BCUT2D eigenvalue weighted by atomic mass is 10.0. The van der Waals surface area contributed by atoms with Crippen LogP contribution in [0.15, 0.2) is 18.3 Å². The van der Waals surface area contributed by atoms with Crippen molar-refractivity contribution >= 4 is 10.9 Å². The van der Waals surface area contributed by atoms with Crippen molar-refractivity contribution < 1.29 is 4.39 Å². The molecular formula is C10H11FN2. The molecule has 0 radical (unpaired) electrons. The van der Waals surface area contributed by atoms with Gasteiger partial charge in [-0.2, -0.15) is 5.10 Å². The molecule has 68 valence electrons. The number of rotatable bonds is 1. The number of fused-ring (bicyclic) bond motifs is 1. The van der Waals surface area contributed by atoms with Gasteiger partial charge in [0.15, 0.2) is 0 Å². The van der Waals surface area contributed by atoms with Crippen LogP contribution in [0.5, 0.6) is 0 Å². The van der Waals surface area contributed by atoms with Crippen LogP contribution in [0, 0.1) is 5.82 Å². The number of H-pyrrole nitrogens is 1. The van der Waals surface area contributed by atoms with Gasteiger partial charge in [0, 0.05) is 5.39 Å². The number of nitrogens with zero attached hydrogens (tertiary/aromatic N) is 1. The summed E-state index contributed by atoms with van der Waals surface area (Å²) in [4.78, 5) is 0. The van der Waals surface area contributed by atoms with Gasteiger partial charge in [-0.1, -0.05) is 13.8 Å². The topological polar surface area (TPSA) is 28.7 Å². The van der Waals surface area contributed by atoms with Crippen LogP contribution in [0.2, 0.25) is 0 Å². The van der Waals surface area contributed by atoms with Crippen LogP contribution < -0.4 is 0 Å². The molecule has 1 aromatic heterocycles. The molecule has 0 saturated heterocycles. The van der Waals surface area contributed by atoms with Crippen molar-refractivity contribution in [3.05, 3.63) is 29.7 Å².